The first-order chi connectivity index (χ1) is 11.9. The van der Waals surface area contributed by atoms with Crippen LogP contribution in [0.1, 0.15) is 42.1 Å². The first-order valence-electron chi connectivity index (χ1n) is 8.87. The van der Waals surface area contributed by atoms with Gasteiger partial charge in [-0.05, 0) is 49.9 Å². The zero-order valence-electron chi connectivity index (χ0n) is 13.9. The number of hydrogen-bond donors (Lipinski definition) is 2. The topological polar surface area (TPSA) is 59.1 Å². The lowest BCUT2D eigenvalue weighted by Crippen LogP contribution is -2.26. The predicted octanol–water partition coefficient (Wildman–Crippen LogP) is 2.38. The fourth-order valence-corrected chi connectivity index (χ4v) is 3.61. The average Bonchev–Trinajstić information content (AvgIpc) is 3.14. The van der Waals surface area contributed by atoms with E-state index < -0.39 is 0 Å². The van der Waals surface area contributed by atoms with Gasteiger partial charge in [0.25, 0.3) is 0 Å². The molecule has 5 nitrogen and oxygen atoms in total. The third-order valence-corrected chi connectivity index (χ3v) is 4.91. The molecular weight excluding hydrogens is 300 g/mol. The molecule has 0 saturated carbocycles. The Hall–Kier alpha value is -1.98. The normalized spacial score (nSPS) is 23.0. The van der Waals surface area contributed by atoms with Crippen LogP contribution in [-0.4, -0.2) is 29.2 Å². The third kappa shape index (κ3) is 3.42. The van der Waals surface area contributed by atoms with Gasteiger partial charge < -0.3 is 15.4 Å². The molecule has 4 rings (SSSR count). The molecule has 3 heterocycles. The van der Waals surface area contributed by atoms with Crippen molar-refractivity contribution in [2.24, 2.45) is 0 Å². The molecule has 0 radical (unpaired) electrons. The van der Waals surface area contributed by atoms with Crippen molar-refractivity contribution in [3.05, 3.63) is 53.6 Å². The van der Waals surface area contributed by atoms with Gasteiger partial charge >= 0.3 is 0 Å². The highest BCUT2D eigenvalue weighted by Crippen LogP contribution is 2.28. The second kappa shape index (κ2) is 7.28. The number of rotatable bonds is 5. The van der Waals surface area contributed by atoms with Gasteiger partial charge in [-0.2, -0.15) is 0 Å². The van der Waals surface area contributed by atoms with Gasteiger partial charge in [0.2, 0.25) is 0 Å². The Kier molecular flexibility index (Phi) is 4.71. The fourth-order valence-electron chi connectivity index (χ4n) is 3.61. The number of aryl methyl sites for hydroxylation is 1. The summed E-state index contributed by atoms with van der Waals surface area (Å²) in [6.07, 6.45) is 10.4. The second-order valence-corrected chi connectivity index (χ2v) is 6.59. The highest BCUT2D eigenvalue weighted by molar-refractivity contribution is 5.31. The van der Waals surface area contributed by atoms with E-state index >= 15 is 0 Å². The molecule has 24 heavy (non-hydrogen) atoms. The Bertz CT molecular complexity index is 685. The first kappa shape index (κ1) is 15.5. The number of aromatic nitrogens is 2. The lowest BCUT2D eigenvalue weighted by atomic mass is 9.92. The van der Waals surface area contributed by atoms with Crippen LogP contribution < -0.4 is 15.4 Å². The van der Waals surface area contributed by atoms with Crippen molar-refractivity contribution in [2.75, 3.05) is 13.1 Å². The van der Waals surface area contributed by atoms with E-state index in [0.717, 1.165) is 44.6 Å². The molecule has 1 fully saturated rings. The van der Waals surface area contributed by atoms with E-state index in [1.54, 1.807) is 0 Å². The second-order valence-electron chi connectivity index (χ2n) is 6.59. The maximum absolute atomic E-state index is 6.14. The maximum atomic E-state index is 6.14. The van der Waals surface area contributed by atoms with Gasteiger partial charge in [0.15, 0.2) is 0 Å². The summed E-state index contributed by atoms with van der Waals surface area (Å²) in [7, 11) is 0. The molecule has 1 saturated heterocycles. The van der Waals surface area contributed by atoms with Crippen molar-refractivity contribution in [1.82, 2.24) is 20.6 Å². The zero-order chi connectivity index (χ0) is 16.2. The Labute approximate surface area is 142 Å². The van der Waals surface area contributed by atoms with Crippen molar-refractivity contribution < 1.29 is 4.74 Å². The summed E-state index contributed by atoms with van der Waals surface area (Å²) in [6.45, 7) is 2.73. The summed E-state index contributed by atoms with van der Waals surface area (Å²) in [5.41, 5.74) is 3.75. The Balaban J connectivity index is 1.45. The fraction of sp³-hybridized carbons (Fsp3) is 0.474. The summed E-state index contributed by atoms with van der Waals surface area (Å²) in [6, 6.07) is 6.60. The van der Waals surface area contributed by atoms with Crippen LogP contribution in [0, 0.1) is 0 Å². The third-order valence-electron chi connectivity index (χ3n) is 4.91. The average molecular weight is 324 g/mol. The molecule has 2 N–H and O–H groups in total. The molecule has 1 aliphatic heterocycles. The van der Waals surface area contributed by atoms with Gasteiger partial charge in [-0.15, -0.1) is 0 Å². The molecule has 1 aliphatic carbocycles. The summed E-state index contributed by atoms with van der Waals surface area (Å²) in [5.74, 6) is 0.899. The summed E-state index contributed by atoms with van der Waals surface area (Å²) in [4.78, 5) is 8.84. The zero-order valence-corrected chi connectivity index (χ0v) is 13.9. The van der Waals surface area contributed by atoms with Crippen LogP contribution >= 0.6 is 0 Å². The number of nitrogens with zero attached hydrogens (tertiary/aromatic N) is 2. The van der Waals surface area contributed by atoms with Crippen LogP contribution in [0.15, 0.2) is 36.8 Å². The predicted molar refractivity (Wildman–Crippen MR) is 92.9 cm³/mol. The monoisotopic (exact) mass is 324 g/mol. The molecule has 2 aliphatic rings. The van der Waals surface area contributed by atoms with E-state index in [1.165, 1.54) is 23.2 Å². The molecule has 5 heteroatoms. The lowest BCUT2D eigenvalue weighted by molar-refractivity contribution is 0.219. The van der Waals surface area contributed by atoms with Crippen molar-refractivity contribution in [2.45, 2.75) is 44.4 Å². The molecular formula is C19H24N4O. The van der Waals surface area contributed by atoms with Crippen LogP contribution in [0.2, 0.25) is 0 Å². The van der Waals surface area contributed by atoms with Crippen LogP contribution in [0.3, 0.4) is 0 Å². The van der Waals surface area contributed by atoms with Crippen molar-refractivity contribution in [3.63, 3.8) is 0 Å². The molecule has 0 amide bonds. The molecule has 126 valence electrons. The molecule has 2 aromatic heterocycles. The van der Waals surface area contributed by atoms with Gasteiger partial charge in [0.1, 0.15) is 11.9 Å². The van der Waals surface area contributed by atoms with Gasteiger partial charge in [0, 0.05) is 31.0 Å². The van der Waals surface area contributed by atoms with Crippen molar-refractivity contribution in [1.29, 1.82) is 0 Å². The highest BCUT2D eigenvalue weighted by Gasteiger charge is 2.22. The quantitative estimate of drug-likeness (QED) is 0.884. The van der Waals surface area contributed by atoms with E-state index in [9.17, 15) is 0 Å². The van der Waals surface area contributed by atoms with Gasteiger partial charge in [-0.1, -0.05) is 6.07 Å². The van der Waals surface area contributed by atoms with Crippen molar-refractivity contribution in [3.8, 4) is 5.75 Å². The van der Waals surface area contributed by atoms with Crippen LogP contribution in [0.25, 0.3) is 0 Å². The van der Waals surface area contributed by atoms with Crippen LogP contribution in [-0.2, 0) is 13.0 Å². The smallest absolute Gasteiger partial charge is 0.142 e. The lowest BCUT2D eigenvalue weighted by Gasteiger charge is -2.25. The minimum absolute atomic E-state index is 0.255. The Morgan fingerprint density at radius 2 is 2.25 bits per heavy atom. The first-order valence-corrected chi connectivity index (χ1v) is 8.87. The number of fused-ring (bicyclic) bond motifs is 1. The Morgan fingerprint density at radius 3 is 3.17 bits per heavy atom. The van der Waals surface area contributed by atoms with Crippen LogP contribution in [0.5, 0.6) is 5.75 Å². The minimum Gasteiger partial charge on any atom is -0.487 e. The summed E-state index contributed by atoms with van der Waals surface area (Å²) in [5, 5.41) is 7.01. The molecule has 0 bridgehead atoms. The van der Waals surface area contributed by atoms with Crippen molar-refractivity contribution >= 4 is 0 Å². The molecule has 2 atom stereocenters. The molecule has 0 spiro atoms. The number of nitrogens with one attached hydrogen (secondary N) is 2. The van der Waals surface area contributed by atoms with Gasteiger partial charge in [0.05, 0.1) is 17.9 Å². The van der Waals surface area contributed by atoms with E-state index in [1.807, 2.05) is 30.7 Å². The van der Waals surface area contributed by atoms with Gasteiger partial charge in [-0.3, -0.25) is 9.97 Å². The van der Waals surface area contributed by atoms with Crippen LogP contribution in [0.4, 0.5) is 0 Å². The molecule has 2 aromatic rings. The SMILES string of the molecule is c1cnc2c(c1)CCCC2NCc1ccncc1O[C@H]1CCNC1. The minimum atomic E-state index is 0.255. The van der Waals surface area contributed by atoms with Gasteiger partial charge in [-0.25, -0.2) is 0 Å². The number of ether oxygens (including phenoxy) is 1. The highest BCUT2D eigenvalue weighted by atomic mass is 16.5. The summed E-state index contributed by atoms with van der Waals surface area (Å²) < 4.78 is 6.14. The maximum Gasteiger partial charge on any atom is 0.142 e. The number of pyridine rings is 2. The van der Waals surface area contributed by atoms with E-state index in [4.69, 9.17) is 4.74 Å². The Morgan fingerprint density at radius 1 is 1.25 bits per heavy atom. The van der Waals surface area contributed by atoms with E-state index in [-0.39, 0.29) is 6.10 Å². The van der Waals surface area contributed by atoms with E-state index in [2.05, 4.69) is 26.7 Å². The summed E-state index contributed by atoms with van der Waals surface area (Å²) >= 11 is 0. The molecule has 1 unspecified atom stereocenters. The van der Waals surface area contributed by atoms with E-state index in [0.29, 0.717) is 6.04 Å². The molecule has 0 aromatic carbocycles. The largest absolute Gasteiger partial charge is 0.487 e. The number of hydrogen-bond acceptors (Lipinski definition) is 5. The standard InChI is InChI=1S/C19H24N4O/c1-3-14-4-2-8-22-19(14)17(5-1)23-11-15-6-9-21-13-18(15)24-16-7-10-20-12-16/h2,4,6,8-9,13,16-17,20,23H,1,3,5,7,10-12H2/t16-,17?/m0/s1.